The van der Waals surface area contributed by atoms with Gasteiger partial charge in [0.2, 0.25) is 0 Å². The lowest BCUT2D eigenvalue weighted by Gasteiger charge is -2.59. The monoisotopic (exact) mass is 390 g/mol. The van der Waals surface area contributed by atoms with E-state index in [9.17, 15) is 9.59 Å². The Morgan fingerprint density at radius 1 is 1.29 bits per heavy atom. The van der Waals surface area contributed by atoms with Gasteiger partial charge in [-0.25, -0.2) is 0 Å². The van der Waals surface area contributed by atoms with Gasteiger partial charge in [-0.15, -0.1) is 0 Å². The molecule has 1 fully saturated rings. The van der Waals surface area contributed by atoms with Crippen LogP contribution in [0.15, 0.2) is 24.3 Å². The summed E-state index contributed by atoms with van der Waals surface area (Å²) in [6.07, 6.45) is 8.73. The third kappa shape index (κ3) is 4.36. The molecule has 28 heavy (non-hydrogen) atoms. The van der Waals surface area contributed by atoms with Crippen molar-refractivity contribution >= 4 is 11.9 Å². The van der Waals surface area contributed by atoms with Gasteiger partial charge in [-0.1, -0.05) is 39.0 Å². The molecule has 0 aromatic carbocycles. The minimum Gasteiger partial charge on any atom is -0.462 e. The predicted molar refractivity (Wildman–Crippen MR) is 112 cm³/mol. The van der Waals surface area contributed by atoms with Crippen molar-refractivity contribution in [2.24, 2.45) is 22.7 Å². The van der Waals surface area contributed by atoms with E-state index in [1.54, 1.807) is 6.08 Å². The van der Waals surface area contributed by atoms with E-state index in [1.165, 1.54) is 19.4 Å². The van der Waals surface area contributed by atoms with Crippen LogP contribution in [0.4, 0.5) is 0 Å². The molecule has 0 aliphatic heterocycles. The molecule has 0 bridgehead atoms. The lowest BCUT2D eigenvalue weighted by Crippen LogP contribution is -2.55. The molecule has 0 amide bonds. The molecule has 0 spiro atoms. The van der Waals surface area contributed by atoms with E-state index in [0.717, 1.165) is 32.1 Å². The molecule has 0 N–H and O–H groups in total. The van der Waals surface area contributed by atoms with E-state index in [4.69, 9.17) is 9.47 Å². The van der Waals surface area contributed by atoms with E-state index in [-0.39, 0.29) is 28.9 Å². The van der Waals surface area contributed by atoms with Crippen molar-refractivity contribution in [3.63, 3.8) is 0 Å². The van der Waals surface area contributed by atoms with Gasteiger partial charge in [-0.2, -0.15) is 0 Å². The number of ether oxygens (including phenoxy) is 2. The second-order valence-electron chi connectivity index (χ2n) is 9.90. The summed E-state index contributed by atoms with van der Waals surface area (Å²) >= 11 is 0. The molecule has 2 aliphatic rings. The maximum Gasteiger partial charge on any atom is 0.303 e. The lowest BCUT2D eigenvalue weighted by atomic mass is 9.47. The Kier molecular flexibility index (Phi) is 6.52. The number of carbonyl (C=O) groups is 2. The molecule has 2 aliphatic carbocycles. The van der Waals surface area contributed by atoms with Gasteiger partial charge in [0, 0.05) is 19.3 Å². The molecule has 2 rings (SSSR count). The molecular formula is C24H38O4. The Morgan fingerprint density at radius 2 is 1.93 bits per heavy atom. The maximum absolute atomic E-state index is 11.6. The first-order valence-electron chi connectivity index (χ1n) is 10.5. The van der Waals surface area contributed by atoms with Crippen molar-refractivity contribution in [1.29, 1.82) is 0 Å². The fraction of sp³-hybridized carbons (Fsp3) is 0.750. The Labute approximate surface area is 170 Å². The highest BCUT2D eigenvalue weighted by Gasteiger charge is 2.56. The molecule has 4 heteroatoms. The fourth-order valence-corrected chi connectivity index (χ4v) is 5.94. The van der Waals surface area contributed by atoms with Crippen molar-refractivity contribution in [2.45, 2.75) is 92.3 Å². The van der Waals surface area contributed by atoms with Gasteiger partial charge in [0.1, 0.15) is 11.7 Å². The molecule has 0 saturated heterocycles. The molecule has 5 atom stereocenters. The lowest BCUT2D eigenvalue weighted by molar-refractivity contribution is -0.172. The highest BCUT2D eigenvalue weighted by molar-refractivity contribution is 5.67. The van der Waals surface area contributed by atoms with Crippen LogP contribution >= 0.6 is 0 Å². The number of allylic oxidation sites excluding steroid dienone is 2. The smallest absolute Gasteiger partial charge is 0.303 e. The standard InChI is InChI=1S/C24H38O4/c1-9-23(7,28-18(4)26)14-12-19-16(2)10-11-20-22(5,6)21(27-17(3)25)13-15-24(19,20)8/h9-10,19-21H,1,11-15H2,2-8H3. The van der Waals surface area contributed by atoms with Crippen LogP contribution in [-0.2, 0) is 19.1 Å². The van der Waals surface area contributed by atoms with Crippen LogP contribution < -0.4 is 0 Å². The molecule has 5 unspecified atom stereocenters. The zero-order valence-corrected chi connectivity index (χ0v) is 18.8. The second kappa shape index (κ2) is 8.04. The number of hydrogen-bond donors (Lipinski definition) is 0. The van der Waals surface area contributed by atoms with E-state index in [2.05, 4.69) is 40.3 Å². The van der Waals surface area contributed by atoms with Crippen LogP contribution in [0.5, 0.6) is 0 Å². The normalized spacial score (nSPS) is 33.7. The largest absolute Gasteiger partial charge is 0.462 e. The molecule has 1 saturated carbocycles. The van der Waals surface area contributed by atoms with Crippen LogP contribution in [0, 0.1) is 22.7 Å². The first kappa shape index (κ1) is 22.7. The fourth-order valence-electron chi connectivity index (χ4n) is 5.94. The zero-order valence-electron chi connectivity index (χ0n) is 18.8. The summed E-state index contributed by atoms with van der Waals surface area (Å²) < 4.78 is 11.3. The van der Waals surface area contributed by atoms with Crippen LogP contribution in [0.1, 0.15) is 80.6 Å². The summed E-state index contributed by atoms with van der Waals surface area (Å²) in [4.78, 5) is 23.1. The Balaban J connectivity index is 2.26. The Bertz CT molecular complexity index is 662. The molecule has 0 aromatic rings. The minimum absolute atomic E-state index is 0.0324. The van der Waals surface area contributed by atoms with Crippen LogP contribution in [0.2, 0.25) is 0 Å². The van der Waals surface area contributed by atoms with Gasteiger partial charge >= 0.3 is 11.9 Å². The SMILES string of the molecule is C=CC(C)(CCC1C(C)=CCC2C(C)(C)C(OC(C)=O)CCC12C)OC(C)=O. The number of fused-ring (bicyclic) bond motifs is 1. The number of carbonyl (C=O) groups excluding carboxylic acids is 2. The second-order valence-corrected chi connectivity index (χ2v) is 9.90. The first-order chi connectivity index (χ1) is 12.9. The highest BCUT2D eigenvalue weighted by atomic mass is 16.6. The van der Waals surface area contributed by atoms with E-state index in [1.807, 2.05) is 6.92 Å². The maximum atomic E-state index is 11.6. The number of esters is 2. The van der Waals surface area contributed by atoms with Crippen LogP contribution in [-0.4, -0.2) is 23.6 Å². The average molecular weight is 391 g/mol. The zero-order chi connectivity index (χ0) is 21.3. The van der Waals surface area contributed by atoms with Crippen molar-refractivity contribution in [1.82, 2.24) is 0 Å². The first-order valence-corrected chi connectivity index (χ1v) is 10.5. The summed E-state index contributed by atoms with van der Waals surface area (Å²) in [5.74, 6) is 0.392. The molecule has 0 aromatic heterocycles. The van der Waals surface area contributed by atoms with Crippen LogP contribution in [0.3, 0.4) is 0 Å². The van der Waals surface area contributed by atoms with Gasteiger partial charge in [-0.3, -0.25) is 9.59 Å². The average Bonchev–Trinajstić information content (AvgIpc) is 2.56. The third-order valence-electron chi connectivity index (χ3n) is 7.54. The van der Waals surface area contributed by atoms with Gasteiger partial charge in [0.15, 0.2) is 0 Å². The summed E-state index contributed by atoms with van der Waals surface area (Å²) in [5.41, 5.74) is 0.845. The van der Waals surface area contributed by atoms with Gasteiger partial charge in [-0.05, 0) is 69.3 Å². The predicted octanol–water partition coefficient (Wildman–Crippen LogP) is 5.61. The minimum atomic E-state index is -0.639. The van der Waals surface area contributed by atoms with Crippen molar-refractivity contribution in [3.05, 3.63) is 24.3 Å². The highest BCUT2D eigenvalue weighted by Crippen LogP contribution is 2.61. The summed E-state index contributed by atoms with van der Waals surface area (Å²) in [6, 6.07) is 0. The Hall–Kier alpha value is -1.58. The molecule has 158 valence electrons. The van der Waals surface area contributed by atoms with Crippen molar-refractivity contribution in [2.75, 3.05) is 0 Å². The third-order valence-corrected chi connectivity index (χ3v) is 7.54. The van der Waals surface area contributed by atoms with Crippen LogP contribution in [0.25, 0.3) is 0 Å². The van der Waals surface area contributed by atoms with Crippen molar-refractivity contribution < 1.29 is 19.1 Å². The van der Waals surface area contributed by atoms with E-state index < -0.39 is 5.60 Å². The molecule has 4 nitrogen and oxygen atoms in total. The number of rotatable bonds is 6. The topological polar surface area (TPSA) is 52.6 Å². The van der Waals surface area contributed by atoms with Gasteiger partial charge in [0.25, 0.3) is 0 Å². The molecular weight excluding hydrogens is 352 g/mol. The summed E-state index contributed by atoms with van der Waals surface area (Å²) in [7, 11) is 0. The number of hydrogen-bond acceptors (Lipinski definition) is 4. The quantitative estimate of drug-likeness (QED) is 0.437. The molecule has 0 radical (unpaired) electrons. The summed E-state index contributed by atoms with van der Waals surface area (Å²) in [5, 5.41) is 0. The van der Waals surface area contributed by atoms with Crippen molar-refractivity contribution in [3.8, 4) is 0 Å². The van der Waals surface area contributed by atoms with Gasteiger partial charge in [0.05, 0.1) is 0 Å². The van der Waals surface area contributed by atoms with E-state index in [0.29, 0.717) is 11.8 Å². The van der Waals surface area contributed by atoms with E-state index >= 15 is 0 Å². The Morgan fingerprint density at radius 3 is 2.46 bits per heavy atom. The molecule has 0 heterocycles. The summed E-state index contributed by atoms with van der Waals surface area (Å²) in [6.45, 7) is 17.9. The van der Waals surface area contributed by atoms with Gasteiger partial charge < -0.3 is 9.47 Å².